The molecular weight excluding hydrogens is 439 g/mol. The van der Waals surface area contributed by atoms with Crippen LogP contribution in [-0.2, 0) is 6.54 Å². The summed E-state index contributed by atoms with van der Waals surface area (Å²) in [5, 5.41) is 6.83. The molecule has 2 aromatic rings. The molecular formula is C20H31IN4O. The molecule has 26 heavy (non-hydrogen) atoms. The molecule has 2 rings (SSSR count). The van der Waals surface area contributed by atoms with Gasteiger partial charge in [-0.25, -0.2) is 0 Å². The predicted octanol–water partition coefficient (Wildman–Crippen LogP) is 3.95. The molecule has 0 aliphatic heterocycles. The maximum Gasteiger partial charge on any atom is 0.191 e. The Morgan fingerprint density at radius 2 is 1.85 bits per heavy atom. The summed E-state index contributed by atoms with van der Waals surface area (Å²) in [5.74, 6) is 1.78. The second kappa shape index (κ2) is 12.0. The molecule has 1 atom stereocenters. The molecule has 6 heteroatoms. The fourth-order valence-electron chi connectivity index (χ4n) is 2.96. The van der Waals surface area contributed by atoms with Gasteiger partial charge in [0.25, 0.3) is 0 Å². The number of hydrogen-bond acceptors (Lipinski definition) is 3. The number of aliphatic imine (C=N–C) groups is 1. The van der Waals surface area contributed by atoms with Crippen molar-refractivity contribution in [1.82, 2.24) is 15.5 Å². The van der Waals surface area contributed by atoms with Crippen LogP contribution in [0.4, 0.5) is 0 Å². The normalized spacial score (nSPS) is 12.6. The van der Waals surface area contributed by atoms with Crippen molar-refractivity contribution in [2.24, 2.45) is 4.99 Å². The van der Waals surface area contributed by atoms with E-state index >= 15 is 0 Å². The topological polar surface area (TPSA) is 52.8 Å². The summed E-state index contributed by atoms with van der Waals surface area (Å²) >= 11 is 0. The number of halogens is 1. The lowest BCUT2D eigenvalue weighted by molar-refractivity contribution is 0.193. The second-order valence-corrected chi connectivity index (χ2v) is 5.99. The summed E-state index contributed by atoms with van der Waals surface area (Å²) in [6.45, 7) is 9.90. The molecule has 0 fully saturated rings. The van der Waals surface area contributed by atoms with E-state index in [1.807, 2.05) is 12.1 Å². The van der Waals surface area contributed by atoms with Gasteiger partial charge in [0.15, 0.2) is 5.96 Å². The van der Waals surface area contributed by atoms with E-state index in [1.54, 1.807) is 13.3 Å². The summed E-state index contributed by atoms with van der Waals surface area (Å²) < 4.78 is 5.65. The van der Waals surface area contributed by atoms with E-state index in [0.717, 1.165) is 37.9 Å². The third-order valence-corrected chi connectivity index (χ3v) is 4.52. The third kappa shape index (κ3) is 6.32. The smallest absolute Gasteiger partial charge is 0.191 e. The minimum absolute atomic E-state index is 0. The monoisotopic (exact) mass is 470 g/mol. The number of benzene rings is 1. The molecule has 5 nitrogen and oxygen atoms in total. The van der Waals surface area contributed by atoms with Gasteiger partial charge in [0, 0.05) is 20.1 Å². The zero-order chi connectivity index (χ0) is 18.1. The van der Waals surface area contributed by atoms with Gasteiger partial charge in [-0.2, -0.15) is 0 Å². The van der Waals surface area contributed by atoms with Gasteiger partial charge in [-0.15, -0.1) is 24.0 Å². The molecule has 1 unspecified atom stereocenters. The van der Waals surface area contributed by atoms with E-state index < -0.39 is 0 Å². The lowest BCUT2D eigenvalue weighted by Crippen LogP contribution is -2.43. The van der Waals surface area contributed by atoms with Crippen LogP contribution in [0.25, 0.3) is 0 Å². The van der Waals surface area contributed by atoms with Crippen molar-refractivity contribution in [2.75, 3.05) is 26.7 Å². The number of nitrogens with zero attached hydrogens (tertiary/aromatic N) is 2. The van der Waals surface area contributed by atoms with Crippen molar-refractivity contribution in [3.05, 3.63) is 59.5 Å². The van der Waals surface area contributed by atoms with Gasteiger partial charge in [0.2, 0.25) is 0 Å². The van der Waals surface area contributed by atoms with Crippen LogP contribution in [0.2, 0.25) is 0 Å². The van der Waals surface area contributed by atoms with Crippen molar-refractivity contribution in [2.45, 2.75) is 33.4 Å². The van der Waals surface area contributed by atoms with Gasteiger partial charge >= 0.3 is 0 Å². The van der Waals surface area contributed by atoms with Crippen molar-refractivity contribution in [3.8, 4) is 0 Å². The molecule has 1 aromatic carbocycles. The molecule has 2 N–H and O–H groups in total. The fraction of sp³-hybridized carbons (Fsp3) is 0.450. The molecule has 0 aliphatic rings. The van der Waals surface area contributed by atoms with Crippen LogP contribution in [-0.4, -0.2) is 37.5 Å². The summed E-state index contributed by atoms with van der Waals surface area (Å²) in [5.41, 5.74) is 2.55. The first kappa shape index (κ1) is 22.5. The Hall–Kier alpha value is -1.54. The summed E-state index contributed by atoms with van der Waals surface area (Å²) in [6, 6.07) is 12.5. The Morgan fingerprint density at radius 1 is 1.12 bits per heavy atom. The Morgan fingerprint density at radius 3 is 2.42 bits per heavy atom. The van der Waals surface area contributed by atoms with Gasteiger partial charge in [-0.3, -0.25) is 9.89 Å². The molecule has 0 saturated heterocycles. The number of hydrogen-bond donors (Lipinski definition) is 2. The number of guanidine groups is 1. The van der Waals surface area contributed by atoms with Crippen LogP contribution in [0.1, 0.15) is 36.8 Å². The lowest BCUT2D eigenvalue weighted by atomic mass is 10.1. The van der Waals surface area contributed by atoms with Gasteiger partial charge in [-0.05, 0) is 43.3 Å². The van der Waals surface area contributed by atoms with E-state index in [4.69, 9.17) is 4.42 Å². The van der Waals surface area contributed by atoms with Gasteiger partial charge in [0.1, 0.15) is 5.76 Å². The molecule has 1 aromatic heterocycles. The maximum atomic E-state index is 5.65. The van der Waals surface area contributed by atoms with E-state index in [1.165, 1.54) is 11.1 Å². The second-order valence-electron chi connectivity index (χ2n) is 5.99. The fourth-order valence-corrected chi connectivity index (χ4v) is 2.96. The molecule has 144 valence electrons. The highest BCUT2D eigenvalue weighted by Gasteiger charge is 2.20. The van der Waals surface area contributed by atoms with E-state index in [2.05, 4.69) is 65.6 Å². The van der Waals surface area contributed by atoms with Crippen molar-refractivity contribution >= 4 is 29.9 Å². The molecule has 0 aliphatic carbocycles. The Balaban J connectivity index is 0.00000338. The van der Waals surface area contributed by atoms with Crippen LogP contribution >= 0.6 is 24.0 Å². The van der Waals surface area contributed by atoms with Crippen molar-refractivity contribution in [3.63, 3.8) is 0 Å². The molecule has 0 bridgehead atoms. The highest BCUT2D eigenvalue weighted by molar-refractivity contribution is 14.0. The minimum atomic E-state index is 0. The van der Waals surface area contributed by atoms with Crippen LogP contribution in [0.3, 0.4) is 0 Å². The standard InChI is InChI=1S/C20H30N4O.HI/c1-5-24(6-2)18(19-12-9-13-25-19)15-23-20(21-4)22-14-17-11-8-7-10-16(17)3;/h7-13,18H,5-6,14-15H2,1-4H3,(H2,21,22,23);1H. The van der Waals surface area contributed by atoms with E-state index in [-0.39, 0.29) is 30.0 Å². The number of rotatable bonds is 8. The van der Waals surface area contributed by atoms with Crippen LogP contribution in [0.5, 0.6) is 0 Å². The Labute approximate surface area is 174 Å². The molecule has 0 radical (unpaired) electrons. The molecule has 0 amide bonds. The minimum Gasteiger partial charge on any atom is -0.468 e. The average Bonchev–Trinajstić information content (AvgIpc) is 3.16. The zero-order valence-corrected chi connectivity index (χ0v) is 18.5. The van der Waals surface area contributed by atoms with E-state index in [9.17, 15) is 0 Å². The highest BCUT2D eigenvalue weighted by atomic mass is 127. The number of furan rings is 1. The Bertz CT molecular complexity index is 654. The molecule has 0 saturated carbocycles. The third-order valence-electron chi connectivity index (χ3n) is 4.52. The molecule has 1 heterocycles. The summed E-state index contributed by atoms with van der Waals surface area (Å²) in [4.78, 5) is 6.72. The van der Waals surface area contributed by atoms with Gasteiger partial charge in [-0.1, -0.05) is 38.1 Å². The SMILES string of the molecule is CCN(CC)C(CNC(=NC)NCc1ccccc1C)c1ccco1.I. The lowest BCUT2D eigenvalue weighted by Gasteiger charge is -2.28. The maximum absolute atomic E-state index is 5.65. The number of aryl methyl sites for hydroxylation is 1. The summed E-state index contributed by atoms with van der Waals surface area (Å²) in [6.07, 6.45) is 1.73. The zero-order valence-electron chi connectivity index (χ0n) is 16.2. The quantitative estimate of drug-likeness (QED) is 0.349. The largest absolute Gasteiger partial charge is 0.468 e. The first-order valence-corrected chi connectivity index (χ1v) is 8.96. The number of nitrogens with one attached hydrogen (secondary N) is 2. The first-order valence-electron chi connectivity index (χ1n) is 8.96. The van der Waals surface area contributed by atoms with Gasteiger partial charge < -0.3 is 15.1 Å². The Kier molecular flexibility index (Phi) is 10.3. The predicted molar refractivity (Wildman–Crippen MR) is 119 cm³/mol. The van der Waals surface area contributed by atoms with Crippen molar-refractivity contribution in [1.29, 1.82) is 0 Å². The molecule has 0 spiro atoms. The number of likely N-dealkylation sites (N-methyl/N-ethyl adjacent to an activating group) is 1. The van der Waals surface area contributed by atoms with Crippen LogP contribution in [0.15, 0.2) is 52.1 Å². The first-order chi connectivity index (χ1) is 12.2. The van der Waals surface area contributed by atoms with Crippen molar-refractivity contribution < 1.29 is 4.42 Å². The van der Waals surface area contributed by atoms with E-state index in [0.29, 0.717) is 0 Å². The summed E-state index contributed by atoms with van der Waals surface area (Å²) in [7, 11) is 1.80. The average molecular weight is 470 g/mol. The highest BCUT2D eigenvalue weighted by Crippen LogP contribution is 2.20. The van der Waals surface area contributed by atoms with Crippen LogP contribution < -0.4 is 10.6 Å². The van der Waals surface area contributed by atoms with Crippen LogP contribution in [0, 0.1) is 6.92 Å². The van der Waals surface area contributed by atoms with Gasteiger partial charge in [0.05, 0.1) is 12.3 Å².